The summed E-state index contributed by atoms with van der Waals surface area (Å²) >= 11 is 8.85. The number of hydrogen-bond acceptors (Lipinski definition) is 6. The van der Waals surface area contributed by atoms with Gasteiger partial charge in [0.25, 0.3) is 5.91 Å². The van der Waals surface area contributed by atoms with E-state index in [4.69, 9.17) is 16.3 Å². The average Bonchev–Trinajstić information content (AvgIpc) is 3.26. The highest BCUT2D eigenvalue weighted by atomic mass is 35.5. The van der Waals surface area contributed by atoms with Crippen LogP contribution in [0.5, 0.6) is 0 Å². The topological polar surface area (TPSA) is 73.6 Å². The first-order chi connectivity index (χ1) is 13.5. The molecule has 4 rings (SSSR count). The second-order valence-corrected chi connectivity index (χ2v) is 8.17. The van der Waals surface area contributed by atoms with Crippen LogP contribution in [0.1, 0.15) is 17.3 Å². The van der Waals surface area contributed by atoms with E-state index in [0.29, 0.717) is 15.4 Å². The first-order valence-corrected chi connectivity index (χ1v) is 10.5. The molecule has 142 valence electrons. The maximum absolute atomic E-state index is 12.8. The number of benzene rings is 2. The van der Waals surface area contributed by atoms with Crippen molar-refractivity contribution in [3.05, 3.63) is 57.3 Å². The van der Waals surface area contributed by atoms with E-state index in [1.165, 1.54) is 22.7 Å². The van der Waals surface area contributed by atoms with E-state index in [2.05, 4.69) is 9.98 Å². The van der Waals surface area contributed by atoms with Gasteiger partial charge in [0, 0.05) is 10.6 Å². The molecule has 0 saturated carbocycles. The lowest BCUT2D eigenvalue weighted by atomic mass is 10.2. The summed E-state index contributed by atoms with van der Waals surface area (Å²) in [5.41, 5.74) is 3.82. The standard InChI is InChI=1S/C19H14ClN3O3S2/c1-2-26-17(24)9-23-14-6-4-12(20)8-16(14)28-19(23)22-18(25)11-3-5-13-15(7-11)27-10-21-13/h3-8,10H,2,9H2,1H3. The zero-order chi connectivity index (χ0) is 19.7. The number of rotatable bonds is 4. The first-order valence-electron chi connectivity index (χ1n) is 8.42. The van der Waals surface area contributed by atoms with Gasteiger partial charge in [0.05, 0.1) is 32.6 Å². The van der Waals surface area contributed by atoms with Gasteiger partial charge < -0.3 is 9.30 Å². The maximum atomic E-state index is 12.8. The van der Waals surface area contributed by atoms with Crippen LogP contribution in [0.25, 0.3) is 20.4 Å². The Bertz CT molecular complexity index is 1270. The quantitative estimate of drug-likeness (QED) is 0.452. The number of halogens is 1. The van der Waals surface area contributed by atoms with Gasteiger partial charge in [-0.05, 0) is 43.3 Å². The number of esters is 1. The highest BCUT2D eigenvalue weighted by Gasteiger charge is 2.13. The van der Waals surface area contributed by atoms with Gasteiger partial charge in [0.2, 0.25) is 0 Å². The molecule has 2 heterocycles. The van der Waals surface area contributed by atoms with Crippen LogP contribution >= 0.6 is 34.3 Å². The van der Waals surface area contributed by atoms with Crippen LogP contribution in [0.2, 0.25) is 5.02 Å². The largest absolute Gasteiger partial charge is 0.465 e. The van der Waals surface area contributed by atoms with Crippen molar-refractivity contribution in [1.82, 2.24) is 9.55 Å². The van der Waals surface area contributed by atoms with Gasteiger partial charge in [-0.1, -0.05) is 22.9 Å². The summed E-state index contributed by atoms with van der Waals surface area (Å²) in [6.07, 6.45) is 0. The van der Waals surface area contributed by atoms with Crippen LogP contribution in [0, 0.1) is 0 Å². The number of thiazole rings is 2. The van der Waals surface area contributed by atoms with Gasteiger partial charge in [0.1, 0.15) is 6.54 Å². The lowest BCUT2D eigenvalue weighted by Crippen LogP contribution is -2.23. The Kier molecular flexibility index (Phi) is 5.25. The predicted octanol–water partition coefficient (Wildman–Crippen LogP) is 4.27. The minimum atomic E-state index is -0.392. The molecule has 28 heavy (non-hydrogen) atoms. The smallest absolute Gasteiger partial charge is 0.326 e. The van der Waals surface area contributed by atoms with Gasteiger partial charge in [-0.2, -0.15) is 4.99 Å². The monoisotopic (exact) mass is 431 g/mol. The minimum Gasteiger partial charge on any atom is -0.465 e. The van der Waals surface area contributed by atoms with E-state index in [1.807, 2.05) is 0 Å². The number of ether oxygens (including phenoxy) is 1. The molecule has 2 aromatic heterocycles. The molecule has 0 radical (unpaired) electrons. The van der Waals surface area contributed by atoms with Crippen molar-refractivity contribution in [2.75, 3.05) is 6.61 Å². The third-order valence-corrected chi connectivity index (χ3v) is 6.08. The number of aromatic nitrogens is 2. The van der Waals surface area contributed by atoms with Gasteiger partial charge in [-0.25, -0.2) is 4.98 Å². The summed E-state index contributed by atoms with van der Waals surface area (Å²) in [6.45, 7) is 2.00. The van der Waals surface area contributed by atoms with Crippen LogP contribution in [-0.2, 0) is 16.1 Å². The lowest BCUT2D eigenvalue weighted by Gasteiger charge is -2.05. The SMILES string of the molecule is CCOC(=O)Cn1c(=NC(=O)c2ccc3ncsc3c2)sc2cc(Cl)ccc21. The highest BCUT2D eigenvalue weighted by Crippen LogP contribution is 2.23. The van der Waals surface area contributed by atoms with Crippen molar-refractivity contribution >= 4 is 66.6 Å². The molecular formula is C19H14ClN3O3S2. The van der Waals surface area contributed by atoms with Crippen molar-refractivity contribution in [3.8, 4) is 0 Å². The third kappa shape index (κ3) is 3.71. The Morgan fingerprint density at radius 1 is 1.21 bits per heavy atom. The maximum Gasteiger partial charge on any atom is 0.326 e. The zero-order valence-corrected chi connectivity index (χ0v) is 17.1. The van der Waals surface area contributed by atoms with Crippen molar-refractivity contribution < 1.29 is 14.3 Å². The molecule has 0 unspecified atom stereocenters. The molecule has 4 aromatic rings. The van der Waals surface area contributed by atoms with Crippen LogP contribution in [0.4, 0.5) is 0 Å². The minimum absolute atomic E-state index is 0.0323. The second-order valence-electron chi connectivity index (χ2n) is 5.84. The first kappa shape index (κ1) is 18.8. The molecule has 0 saturated heterocycles. The summed E-state index contributed by atoms with van der Waals surface area (Å²) in [5.74, 6) is -0.775. The van der Waals surface area contributed by atoms with Crippen LogP contribution in [-0.4, -0.2) is 28.0 Å². The Morgan fingerprint density at radius 2 is 2.07 bits per heavy atom. The van der Waals surface area contributed by atoms with Gasteiger partial charge in [-0.3, -0.25) is 9.59 Å². The van der Waals surface area contributed by atoms with E-state index in [0.717, 1.165) is 20.4 Å². The molecule has 0 bridgehead atoms. The molecule has 1 amide bonds. The van der Waals surface area contributed by atoms with Crippen molar-refractivity contribution in [2.45, 2.75) is 13.5 Å². The number of carbonyl (C=O) groups excluding carboxylic acids is 2. The Hall–Kier alpha value is -2.55. The van der Waals surface area contributed by atoms with E-state index < -0.39 is 5.97 Å². The summed E-state index contributed by atoms with van der Waals surface area (Å²) in [5, 5.41) is 0.575. The van der Waals surface area contributed by atoms with Crippen molar-refractivity contribution in [1.29, 1.82) is 0 Å². The zero-order valence-electron chi connectivity index (χ0n) is 14.7. The predicted molar refractivity (Wildman–Crippen MR) is 111 cm³/mol. The normalized spacial score (nSPS) is 12.0. The molecule has 0 aliphatic heterocycles. The molecule has 9 heteroatoms. The molecule has 0 aliphatic rings. The van der Waals surface area contributed by atoms with Crippen molar-refractivity contribution in [3.63, 3.8) is 0 Å². The number of fused-ring (bicyclic) bond motifs is 2. The second kappa shape index (κ2) is 7.83. The molecule has 6 nitrogen and oxygen atoms in total. The third-order valence-electron chi connectivity index (χ3n) is 4.01. The number of nitrogens with zero attached hydrogens (tertiary/aromatic N) is 3. The average molecular weight is 432 g/mol. The fourth-order valence-corrected chi connectivity index (χ4v) is 4.78. The number of hydrogen-bond donors (Lipinski definition) is 0. The van der Waals surface area contributed by atoms with Gasteiger partial charge in [0.15, 0.2) is 4.80 Å². The highest BCUT2D eigenvalue weighted by molar-refractivity contribution is 7.17. The fourth-order valence-electron chi connectivity index (χ4n) is 2.76. The number of carbonyl (C=O) groups is 2. The summed E-state index contributed by atoms with van der Waals surface area (Å²) in [7, 11) is 0. The van der Waals surface area contributed by atoms with E-state index in [9.17, 15) is 9.59 Å². The summed E-state index contributed by atoms with van der Waals surface area (Å²) < 4.78 is 8.49. The Labute approximate surface area is 172 Å². The van der Waals surface area contributed by atoms with Gasteiger partial charge in [-0.15, -0.1) is 11.3 Å². The van der Waals surface area contributed by atoms with E-state index >= 15 is 0 Å². The van der Waals surface area contributed by atoms with Crippen LogP contribution in [0.3, 0.4) is 0 Å². The van der Waals surface area contributed by atoms with E-state index in [-0.39, 0.29) is 19.1 Å². The van der Waals surface area contributed by atoms with Crippen molar-refractivity contribution in [2.24, 2.45) is 4.99 Å². The Balaban J connectivity index is 1.81. The molecule has 2 aromatic carbocycles. The molecule has 0 aliphatic carbocycles. The lowest BCUT2D eigenvalue weighted by molar-refractivity contribution is -0.143. The fraction of sp³-hybridized carbons (Fsp3) is 0.158. The molecule has 0 atom stereocenters. The molecule has 0 fully saturated rings. The molecule has 0 spiro atoms. The van der Waals surface area contributed by atoms with Gasteiger partial charge >= 0.3 is 5.97 Å². The van der Waals surface area contributed by atoms with Crippen LogP contribution < -0.4 is 4.80 Å². The van der Waals surface area contributed by atoms with E-state index in [1.54, 1.807) is 53.4 Å². The Morgan fingerprint density at radius 3 is 2.89 bits per heavy atom. The molecule has 0 N–H and O–H groups in total. The summed E-state index contributed by atoms with van der Waals surface area (Å²) in [6, 6.07) is 10.6. The number of amides is 1. The van der Waals surface area contributed by atoms with Crippen LogP contribution in [0.15, 0.2) is 46.9 Å². The molecular weight excluding hydrogens is 418 g/mol. The summed E-state index contributed by atoms with van der Waals surface area (Å²) in [4.78, 5) is 33.7.